The first kappa shape index (κ1) is 15.1. The molecule has 0 fully saturated rings. The minimum Gasteiger partial charge on any atom is -0.325 e. The minimum absolute atomic E-state index is 0.0193. The largest absolute Gasteiger partial charge is 0.325 e. The van der Waals surface area contributed by atoms with Gasteiger partial charge in [0.2, 0.25) is 5.91 Å². The number of benzene rings is 2. The SMILES string of the molecule is CN(CC(=O)Nc1cccc(Cl)c1)[C@@H]1CCc2ccccc21. The zero-order valence-electron chi connectivity index (χ0n) is 12.6. The number of fused-ring (bicyclic) bond motifs is 1. The smallest absolute Gasteiger partial charge is 0.238 e. The molecule has 0 unspecified atom stereocenters. The molecular formula is C18H19ClN2O. The van der Waals surface area contributed by atoms with E-state index in [1.165, 1.54) is 11.1 Å². The molecule has 22 heavy (non-hydrogen) atoms. The number of halogens is 1. The van der Waals surface area contributed by atoms with Crippen LogP contribution in [0, 0.1) is 0 Å². The summed E-state index contributed by atoms with van der Waals surface area (Å²) in [6, 6.07) is 16.0. The molecule has 0 bridgehead atoms. The number of carbonyl (C=O) groups is 1. The number of amides is 1. The molecule has 1 aliphatic carbocycles. The van der Waals surface area contributed by atoms with Gasteiger partial charge in [0.05, 0.1) is 6.54 Å². The molecule has 0 saturated heterocycles. The van der Waals surface area contributed by atoms with E-state index in [1.54, 1.807) is 12.1 Å². The lowest BCUT2D eigenvalue weighted by Gasteiger charge is -2.24. The Bertz CT molecular complexity index is 686. The van der Waals surface area contributed by atoms with Crippen LogP contribution in [0.2, 0.25) is 5.02 Å². The number of likely N-dealkylation sites (N-methyl/N-ethyl adjacent to an activating group) is 1. The fourth-order valence-electron chi connectivity index (χ4n) is 3.10. The van der Waals surface area contributed by atoms with Crippen LogP contribution in [-0.2, 0) is 11.2 Å². The van der Waals surface area contributed by atoms with E-state index in [0.717, 1.165) is 18.5 Å². The highest BCUT2D eigenvalue weighted by atomic mass is 35.5. The van der Waals surface area contributed by atoms with Crippen molar-refractivity contribution in [3.63, 3.8) is 0 Å². The van der Waals surface area contributed by atoms with Gasteiger partial charge in [-0.05, 0) is 49.2 Å². The fourth-order valence-corrected chi connectivity index (χ4v) is 3.29. The molecule has 4 heteroatoms. The van der Waals surface area contributed by atoms with E-state index >= 15 is 0 Å². The number of carbonyl (C=O) groups excluding carboxylic acids is 1. The number of hydrogen-bond donors (Lipinski definition) is 1. The summed E-state index contributed by atoms with van der Waals surface area (Å²) < 4.78 is 0. The van der Waals surface area contributed by atoms with Crippen molar-refractivity contribution in [2.45, 2.75) is 18.9 Å². The van der Waals surface area contributed by atoms with Gasteiger partial charge in [0.25, 0.3) is 0 Å². The quantitative estimate of drug-likeness (QED) is 0.928. The van der Waals surface area contributed by atoms with Crippen LogP contribution in [0.3, 0.4) is 0 Å². The first-order chi connectivity index (χ1) is 10.6. The van der Waals surface area contributed by atoms with Crippen molar-refractivity contribution in [1.82, 2.24) is 4.90 Å². The third kappa shape index (κ3) is 3.32. The average molecular weight is 315 g/mol. The van der Waals surface area contributed by atoms with Crippen molar-refractivity contribution in [1.29, 1.82) is 0 Å². The predicted molar refractivity (Wildman–Crippen MR) is 90.2 cm³/mol. The normalized spacial score (nSPS) is 16.6. The zero-order chi connectivity index (χ0) is 15.5. The van der Waals surface area contributed by atoms with Gasteiger partial charge in [-0.3, -0.25) is 9.69 Å². The number of anilines is 1. The second-order valence-electron chi connectivity index (χ2n) is 5.73. The number of nitrogens with zero attached hydrogens (tertiary/aromatic N) is 1. The molecule has 1 amide bonds. The van der Waals surface area contributed by atoms with Gasteiger partial charge in [-0.2, -0.15) is 0 Å². The van der Waals surface area contributed by atoms with Gasteiger partial charge in [0.1, 0.15) is 0 Å². The molecule has 3 nitrogen and oxygen atoms in total. The summed E-state index contributed by atoms with van der Waals surface area (Å²) in [6.07, 6.45) is 2.15. The van der Waals surface area contributed by atoms with E-state index in [9.17, 15) is 4.79 Å². The lowest BCUT2D eigenvalue weighted by Crippen LogP contribution is -2.32. The predicted octanol–water partition coefficient (Wildman–Crippen LogP) is 3.90. The van der Waals surface area contributed by atoms with Crippen LogP contribution in [0.25, 0.3) is 0 Å². The molecule has 0 aliphatic heterocycles. The molecule has 2 aromatic carbocycles. The molecule has 0 saturated carbocycles. The Morgan fingerprint density at radius 2 is 2.09 bits per heavy atom. The Morgan fingerprint density at radius 3 is 2.91 bits per heavy atom. The number of rotatable bonds is 4. The summed E-state index contributed by atoms with van der Waals surface area (Å²) in [4.78, 5) is 14.3. The molecule has 3 rings (SSSR count). The average Bonchev–Trinajstić information content (AvgIpc) is 2.91. The summed E-state index contributed by atoms with van der Waals surface area (Å²) in [5, 5.41) is 3.52. The molecule has 0 spiro atoms. The van der Waals surface area contributed by atoms with Crippen LogP contribution in [0.15, 0.2) is 48.5 Å². The van der Waals surface area contributed by atoms with Crippen molar-refractivity contribution >= 4 is 23.2 Å². The Morgan fingerprint density at radius 1 is 1.27 bits per heavy atom. The van der Waals surface area contributed by atoms with Gasteiger partial charge in [-0.15, -0.1) is 0 Å². The van der Waals surface area contributed by atoms with Crippen LogP contribution < -0.4 is 5.32 Å². The van der Waals surface area contributed by atoms with Gasteiger partial charge in [-0.1, -0.05) is 41.9 Å². The van der Waals surface area contributed by atoms with Crippen LogP contribution in [0.1, 0.15) is 23.6 Å². The molecule has 0 radical (unpaired) electrons. The van der Waals surface area contributed by atoms with E-state index < -0.39 is 0 Å². The van der Waals surface area contributed by atoms with Crippen LogP contribution in [0.4, 0.5) is 5.69 Å². The first-order valence-corrected chi connectivity index (χ1v) is 7.85. The number of hydrogen-bond acceptors (Lipinski definition) is 2. The van der Waals surface area contributed by atoms with E-state index in [1.807, 2.05) is 19.2 Å². The third-order valence-electron chi connectivity index (χ3n) is 4.13. The number of aryl methyl sites for hydroxylation is 1. The van der Waals surface area contributed by atoms with Crippen molar-refractivity contribution in [2.24, 2.45) is 0 Å². The van der Waals surface area contributed by atoms with Crippen molar-refractivity contribution < 1.29 is 4.79 Å². The minimum atomic E-state index is -0.0193. The van der Waals surface area contributed by atoms with Gasteiger partial charge in [0, 0.05) is 16.8 Å². The van der Waals surface area contributed by atoms with Gasteiger partial charge >= 0.3 is 0 Å². The van der Waals surface area contributed by atoms with Crippen LogP contribution >= 0.6 is 11.6 Å². The maximum Gasteiger partial charge on any atom is 0.238 e. The monoisotopic (exact) mass is 314 g/mol. The van der Waals surface area contributed by atoms with E-state index in [-0.39, 0.29) is 5.91 Å². The highest BCUT2D eigenvalue weighted by molar-refractivity contribution is 6.30. The standard InChI is InChI=1S/C18H19ClN2O/c1-21(17-10-9-13-5-2-3-8-16(13)17)12-18(22)20-15-7-4-6-14(19)11-15/h2-8,11,17H,9-10,12H2,1H3,(H,20,22)/t17-/m1/s1. The van der Waals surface area contributed by atoms with E-state index in [4.69, 9.17) is 11.6 Å². The summed E-state index contributed by atoms with van der Waals surface area (Å²) in [6.45, 7) is 0.367. The molecule has 0 heterocycles. The Kier molecular flexibility index (Phi) is 4.46. The summed E-state index contributed by atoms with van der Waals surface area (Å²) in [5.41, 5.74) is 3.48. The van der Waals surface area contributed by atoms with Crippen LogP contribution in [-0.4, -0.2) is 24.4 Å². The number of nitrogens with one attached hydrogen (secondary N) is 1. The summed E-state index contributed by atoms with van der Waals surface area (Å²) >= 11 is 5.93. The first-order valence-electron chi connectivity index (χ1n) is 7.47. The highest BCUT2D eigenvalue weighted by Crippen LogP contribution is 2.34. The second kappa shape index (κ2) is 6.51. The second-order valence-corrected chi connectivity index (χ2v) is 6.16. The molecule has 1 N–H and O–H groups in total. The Balaban J connectivity index is 1.62. The van der Waals surface area contributed by atoms with E-state index in [2.05, 4.69) is 34.5 Å². The Hall–Kier alpha value is -1.84. The van der Waals surface area contributed by atoms with Gasteiger partial charge in [-0.25, -0.2) is 0 Å². The van der Waals surface area contributed by atoms with Crippen molar-refractivity contribution in [3.05, 3.63) is 64.7 Å². The molecule has 1 atom stereocenters. The fraction of sp³-hybridized carbons (Fsp3) is 0.278. The molecule has 114 valence electrons. The van der Waals surface area contributed by atoms with Crippen LogP contribution in [0.5, 0.6) is 0 Å². The molecule has 1 aliphatic rings. The molecule has 0 aromatic heterocycles. The highest BCUT2D eigenvalue weighted by Gasteiger charge is 2.26. The molecule has 2 aromatic rings. The zero-order valence-corrected chi connectivity index (χ0v) is 13.3. The van der Waals surface area contributed by atoms with E-state index in [0.29, 0.717) is 17.6 Å². The summed E-state index contributed by atoms with van der Waals surface area (Å²) in [7, 11) is 2.00. The summed E-state index contributed by atoms with van der Waals surface area (Å²) in [5.74, 6) is -0.0193. The van der Waals surface area contributed by atoms with Gasteiger partial charge < -0.3 is 5.32 Å². The van der Waals surface area contributed by atoms with Crippen molar-refractivity contribution in [3.8, 4) is 0 Å². The topological polar surface area (TPSA) is 32.3 Å². The third-order valence-corrected chi connectivity index (χ3v) is 4.37. The van der Waals surface area contributed by atoms with Gasteiger partial charge in [0.15, 0.2) is 0 Å². The Labute approximate surface area is 135 Å². The maximum atomic E-state index is 12.2. The maximum absolute atomic E-state index is 12.2. The lowest BCUT2D eigenvalue weighted by atomic mass is 10.1. The lowest BCUT2D eigenvalue weighted by molar-refractivity contribution is -0.117. The van der Waals surface area contributed by atoms with Crippen molar-refractivity contribution in [2.75, 3.05) is 18.9 Å². The molecular weight excluding hydrogens is 296 g/mol.